The number of ether oxygens (including phenoxy) is 1. The number of hydrazine groups is 1. The molecule has 378 valence electrons. The van der Waals surface area contributed by atoms with Crippen molar-refractivity contribution in [2.45, 2.75) is 118 Å². The fraction of sp³-hybridized carbons (Fsp3) is 0.528. The van der Waals surface area contributed by atoms with Crippen molar-refractivity contribution >= 4 is 44.6 Å². The highest BCUT2D eigenvalue weighted by Crippen LogP contribution is 2.42. The second-order valence-electron chi connectivity index (χ2n) is 21.1. The number of nitrogens with zero attached hydrogens (tertiary/aromatic N) is 6. The van der Waals surface area contributed by atoms with Gasteiger partial charge in [0.2, 0.25) is 21.8 Å². The van der Waals surface area contributed by atoms with Crippen LogP contribution in [0.5, 0.6) is 5.75 Å². The number of esters is 1. The van der Waals surface area contributed by atoms with Gasteiger partial charge in [-0.25, -0.2) is 13.8 Å². The highest BCUT2D eigenvalue weighted by atomic mass is 32.2. The zero-order valence-electron chi connectivity index (χ0n) is 42.5. The first-order valence-electron chi connectivity index (χ1n) is 24.6. The van der Waals surface area contributed by atoms with Gasteiger partial charge in [0.1, 0.15) is 23.9 Å². The summed E-state index contributed by atoms with van der Waals surface area (Å²) in [5.74, 6) is -2.92. The number of nitrogens with one attached hydrogen (secondary N) is 2. The number of pyridine rings is 1. The topological polar surface area (TPSA) is 187 Å². The molecule has 0 radical (unpaired) electrons. The van der Waals surface area contributed by atoms with Crippen LogP contribution in [0.3, 0.4) is 0 Å². The van der Waals surface area contributed by atoms with Gasteiger partial charge in [-0.05, 0) is 117 Å². The third kappa shape index (κ3) is 11.1. The van der Waals surface area contributed by atoms with Gasteiger partial charge in [0, 0.05) is 79.7 Å². The van der Waals surface area contributed by atoms with Gasteiger partial charge in [-0.2, -0.15) is 4.31 Å². The van der Waals surface area contributed by atoms with Crippen molar-refractivity contribution in [3.05, 3.63) is 83.0 Å². The van der Waals surface area contributed by atoms with E-state index in [0.29, 0.717) is 36.9 Å². The monoisotopic (exact) mass is 981 g/mol. The average Bonchev–Trinajstić information content (AvgIpc) is 3.93. The molecule has 70 heavy (non-hydrogen) atoms. The Bertz CT molecular complexity index is 2770. The Balaban J connectivity index is 1.32. The molecular weight excluding hydrogens is 909 g/mol. The van der Waals surface area contributed by atoms with Crippen LogP contribution in [-0.4, -0.2) is 131 Å². The van der Waals surface area contributed by atoms with E-state index in [1.54, 1.807) is 26.0 Å². The number of amides is 3. The van der Waals surface area contributed by atoms with E-state index in [9.17, 15) is 32.7 Å². The molecule has 5 heterocycles. The molecule has 17 heteroatoms. The lowest BCUT2D eigenvalue weighted by molar-refractivity contribution is -0.155. The number of carbonyl (C=O) groups is 4. The first-order valence-corrected chi connectivity index (χ1v) is 26.1. The number of benzene rings is 2. The smallest absolute Gasteiger partial charge is 0.324 e. The van der Waals surface area contributed by atoms with Crippen molar-refractivity contribution in [2.75, 3.05) is 47.4 Å². The summed E-state index contributed by atoms with van der Waals surface area (Å²) in [6.07, 6.45) is 3.69. The van der Waals surface area contributed by atoms with Crippen LogP contribution in [0, 0.1) is 17.3 Å². The maximum absolute atomic E-state index is 14.8. The van der Waals surface area contributed by atoms with Gasteiger partial charge in [0.25, 0.3) is 5.91 Å². The lowest BCUT2D eigenvalue weighted by atomic mass is 9.83. The number of fused-ring (bicyclic) bond motifs is 6. The van der Waals surface area contributed by atoms with Gasteiger partial charge in [0.05, 0.1) is 23.9 Å². The predicted molar refractivity (Wildman–Crippen MR) is 272 cm³/mol. The Morgan fingerprint density at radius 3 is 2.46 bits per heavy atom. The minimum Gasteiger partial charge on any atom is -0.508 e. The molecular formula is C53H72N8O8S. The van der Waals surface area contributed by atoms with Gasteiger partial charge in [-0.1, -0.05) is 60.3 Å². The Kier molecular flexibility index (Phi) is 15.7. The summed E-state index contributed by atoms with van der Waals surface area (Å²) in [5, 5.41) is 17.6. The van der Waals surface area contributed by atoms with Gasteiger partial charge < -0.3 is 29.5 Å². The maximum atomic E-state index is 14.8. The molecule has 2 saturated heterocycles. The van der Waals surface area contributed by atoms with Crippen molar-refractivity contribution in [3.8, 4) is 28.1 Å². The molecule has 16 nitrogen and oxygen atoms in total. The van der Waals surface area contributed by atoms with Gasteiger partial charge in [0.15, 0.2) is 0 Å². The number of aromatic hydroxyl groups is 1. The molecule has 3 N–H and O–H groups in total. The average molecular weight is 981 g/mol. The SMILES string of the molecule is C=CS(=O)(=O)N1CC[C@H](C(=O)N(C)[C@H](C(=O)N[C@H]2Cc3cc(O)cc(c3)-c3ccc4c(c3)c(c(-c3cc(CN(C)C)cnc3C(C)C)n4CC)CC(C)(C)COC(=O)[C@@H]3CCCN(N3)C2=O)C(C)C)C1. The van der Waals surface area contributed by atoms with E-state index >= 15 is 0 Å². The van der Waals surface area contributed by atoms with Crippen LogP contribution >= 0.6 is 0 Å². The molecule has 3 amide bonds. The van der Waals surface area contributed by atoms with E-state index in [1.165, 1.54) is 21.3 Å². The largest absolute Gasteiger partial charge is 0.508 e. The number of cyclic esters (lactones) is 1. The van der Waals surface area contributed by atoms with Gasteiger partial charge in [-0.15, -0.1) is 0 Å². The van der Waals surface area contributed by atoms with E-state index in [0.717, 1.165) is 56.5 Å². The number of hydrogen-bond acceptors (Lipinski definition) is 11. The number of phenolic OH excluding ortho intramolecular Hbond substituents is 1. The second kappa shape index (κ2) is 21.0. The summed E-state index contributed by atoms with van der Waals surface area (Å²) in [6.45, 7) is 19.5. The number of aryl methyl sites for hydroxylation is 1. The summed E-state index contributed by atoms with van der Waals surface area (Å²) in [5.41, 5.74) is 11.0. The summed E-state index contributed by atoms with van der Waals surface area (Å²) in [6, 6.07) is 10.7. The van der Waals surface area contributed by atoms with Crippen molar-refractivity contribution in [1.82, 2.24) is 39.4 Å². The number of sulfonamides is 1. The second-order valence-corrected chi connectivity index (χ2v) is 23.0. The number of rotatable bonds is 12. The zero-order chi connectivity index (χ0) is 51.0. The van der Waals surface area contributed by atoms with Crippen LogP contribution in [0.25, 0.3) is 33.3 Å². The standard InChI is InChI=1S/C53H72N8O8S/c1-12-60-45-17-16-36-26-40(45)42(48(60)41-23-35(29-57(9)10)28-54-46(41)32(3)4)27-53(7,8)31-69-52(66)43-15-14-19-61(56-43)51(65)44(24-34-21-38(36)25-39(62)22-34)55-49(63)47(33(5)6)58(11)50(64)37-18-20-59(30-37)70(67,68)13-2/h13,16-17,21-23,25-26,28,32-33,37,43-44,47,56,62H,2,12,14-15,18-20,24,27,29-31H2,1,3-11H3,(H,55,63)/t37-,43-,44-,47-/m0/s1. The molecule has 2 fully saturated rings. The number of carbonyl (C=O) groups excluding carboxylic acids is 4. The summed E-state index contributed by atoms with van der Waals surface area (Å²) in [4.78, 5) is 65.9. The lowest BCUT2D eigenvalue weighted by Crippen LogP contribution is -2.62. The van der Waals surface area contributed by atoms with Crippen LogP contribution in [-0.2, 0) is 59.9 Å². The Morgan fingerprint density at radius 1 is 1.04 bits per heavy atom. The number of likely N-dealkylation sites (N-methyl/N-ethyl adjacent to an activating group) is 1. The predicted octanol–water partition coefficient (Wildman–Crippen LogP) is 6.21. The Hall–Kier alpha value is -5.62. The third-order valence-corrected chi connectivity index (χ3v) is 15.3. The van der Waals surface area contributed by atoms with Crippen LogP contribution in [0.1, 0.15) is 96.0 Å². The minimum absolute atomic E-state index is 0.0218. The first kappa shape index (κ1) is 52.2. The normalized spacial score (nSPS) is 20.7. The number of hydrogen-bond donors (Lipinski definition) is 3. The van der Waals surface area contributed by atoms with E-state index in [2.05, 4.69) is 79.6 Å². The molecule has 4 aromatic rings. The Labute approximate surface area is 413 Å². The van der Waals surface area contributed by atoms with Crippen LogP contribution in [0.2, 0.25) is 0 Å². The number of phenols is 1. The van der Waals surface area contributed by atoms with Crippen molar-refractivity contribution in [3.63, 3.8) is 0 Å². The van der Waals surface area contributed by atoms with E-state index < -0.39 is 63.2 Å². The molecule has 0 saturated carbocycles. The molecule has 0 spiro atoms. The fourth-order valence-corrected chi connectivity index (χ4v) is 11.5. The highest BCUT2D eigenvalue weighted by Gasteiger charge is 2.41. The molecule has 3 aliphatic heterocycles. The van der Waals surface area contributed by atoms with E-state index in [-0.39, 0.29) is 56.7 Å². The van der Waals surface area contributed by atoms with Crippen LogP contribution < -0.4 is 10.7 Å². The summed E-state index contributed by atoms with van der Waals surface area (Å²) >= 11 is 0. The minimum atomic E-state index is -3.73. The lowest BCUT2D eigenvalue weighted by Gasteiger charge is -2.37. The van der Waals surface area contributed by atoms with Gasteiger partial charge >= 0.3 is 5.97 Å². The molecule has 2 aromatic heterocycles. The fourth-order valence-electron chi connectivity index (χ4n) is 10.5. The quantitative estimate of drug-likeness (QED) is 0.137. The third-order valence-electron chi connectivity index (χ3n) is 13.9. The van der Waals surface area contributed by atoms with Crippen LogP contribution in [0.15, 0.2) is 60.6 Å². The number of aromatic nitrogens is 2. The summed E-state index contributed by atoms with van der Waals surface area (Å²) in [7, 11) is 1.88. The molecule has 0 unspecified atom stereocenters. The molecule has 4 atom stereocenters. The molecule has 6 bridgehead atoms. The maximum Gasteiger partial charge on any atom is 0.324 e. The van der Waals surface area contributed by atoms with E-state index in [1.807, 2.05) is 32.4 Å². The highest BCUT2D eigenvalue weighted by molar-refractivity contribution is 7.92. The molecule has 0 aliphatic carbocycles. The van der Waals surface area contributed by atoms with Gasteiger partial charge in [-0.3, -0.25) is 29.2 Å². The Morgan fingerprint density at radius 2 is 1.79 bits per heavy atom. The summed E-state index contributed by atoms with van der Waals surface area (Å²) < 4.78 is 34.8. The van der Waals surface area contributed by atoms with Crippen molar-refractivity contribution < 1.29 is 37.4 Å². The van der Waals surface area contributed by atoms with Crippen LogP contribution in [0.4, 0.5) is 0 Å². The first-order chi connectivity index (χ1) is 33.0. The molecule has 7 rings (SSSR count). The zero-order valence-corrected chi connectivity index (χ0v) is 43.4. The molecule has 3 aliphatic rings. The van der Waals surface area contributed by atoms with Crippen molar-refractivity contribution in [2.24, 2.45) is 17.3 Å². The van der Waals surface area contributed by atoms with Crippen molar-refractivity contribution in [1.29, 1.82) is 0 Å². The van der Waals surface area contributed by atoms with E-state index in [4.69, 9.17) is 9.72 Å². The molecule has 2 aromatic carbocycles.